The first kappa shape index (κ1) is 17.3. The SMILES string of the molecule is CC1(C)CC(=O)C2=C(C1)Nc1ccccc1N[C@@H]2c1ccc(C(=O)O)cc1. The number of Topliss-reactive ketones (excluding diaryl/α,β-unsaturated/α-hetero) is 1. The standard InChI is InChI=1S/C22H22N2O3/c1-22(2)11-17-19(18(25)12-22)20(13-7-9-14(10-8-13)21(26)27)24-16-6-4-3-5-15(16)23-17/h3-10,20,23-24H,11-12H2,1-2H3,(H,26,27)/t20-/m1/s1. The molecule has 5 nitrogen and oxygen atoms in total. The van der Waals surface area contributed by atoms with Crippen molar-refractivity contribution in [3.63, 3.8) is 0 Å². The van der Waals surface area contributed by atoms with E-state index in [1.54, 1.807) is 24.3 Å². The third-order valence-electron chi connectivity index (χ3n) is 5.21. The van der Waals surface area contributed by atoms with E-state index in [2.05, 4.69) is 24.5 Å². The minimum Gasteiger partial charge on any atom is -0.478 e. The van der Waals surface area contributed by atoms with Crippen LogP contribution in [0.5, 0.6) is 0 Å². The van der Waals surface area contributed by atoms with Crippen molar-refractivity contribution in [2.24, 2.45) is 5.41 Å². The van der Waals surface area contributed by atoms with E-state index < -0.39 is 5.97 Å². The van der Waals surface area contributed by atoms with Crippen molar-refractivity contribution < 1.29 is 14.7 Å². The molecule has 0 saturated carbocycles. The van der Waals surface area contributed by atoms with Crippen LogP contribution < -0.4 is 10.6 Å². The molecule has 2 aromatic rings. The van der Waals surface area contributed by atoms with Crippen LogP contribution in [-0.4, -0.2) is 16.9 Å². The van der Waals surface area contributed by atoms with E-state index in [-0.39, 0.29) is 22.8 Å². The number of ketones is 1. The number of anilines is 2. The second-order valence-electron chi connectivity index (χ2n) is 8.01. The number of nitrogens with one attached hydrogen (secondary N) is 2. The number of carbonyl (C=O) groups excluding carboxylic acids is 1. The number of rotatable bonds is 2. The summed E-state index contributed by atoms with van der Waals surface area (Å²) in [6.45, 7) is 4.22. The summed E-state index contributed by atoms with van der Waals surface area (Å²) < 4.78 is 0. The van der Waals surface area contributed by atoms with Gasteiger partial charge in [0.1, 0.15) is 0 Å². The van der Waals surface area contributed by atoms with Crippen LogP contribution >= 0.6 is 0 Å². The molecule has 1 aliphatic carbocycles. The van der Waals surface area contributed by atoms with Gasteiger partial charge < -0.3 is 15.7 Å². The van der Waals surface area contributed by atoms with Crippen molar-refractivity contribution in [3.8, 4) is 0 Å². The number of carbonyl (C=O) groups is 2. The van der Waals surface area contributed by atoms with Gasteiger partial charge in [0.2, 0.25) is 0 Å². The number of carboxylic acid groups (broad SMARTS) is 1. The van der Waals surface area contributed by atoms with E-state index in [0.717, 1.165) is 34.6 Å². The Bertz CT molecular complexity index is 958. The number of hydrogen-bond acceptors (Lipinski definition) is 4. The van der Waals surface area contributed by atoms with Gasteiger partial charge in [-0.15, -0.1) is 0 Å². The molecule has 2 aromatic carbocycles. The largest absolute Gasteiger partial charge is 0.478 e. The van der Waals surface area contributed by atoms with Gasteiger partial charge in [-0.05, 0) is 41.7 Å². The van der Waals surface area contributed by atoms with Gasteiger partial charge in [0.05, 0.1) is 23.0 Å². The average Bonchev–Trinajstić information content (AvgIpc) is 2.77. The third-order valence-corrected chi connectivity index (χ3v) is 5.21. The number of hydrogen-bond donors (Lipinski definition) is 3. The first-order valence-electron chi connectivity index (χ1n) is 9.06. The molecular weight excluding hydrogens is 340 g/mol. The molecule has 0 bridgehead atoms. The molecule has 1 atom stereocenters. The van der Waals surface area contributed by atoms with Crippen molar-refractivity contribution in [2.75, 3.05) is 10.6 Å². The summed E-state index contributed by atoms with van der Waals surface area (Å²) in [5, 5.41) is 16.1. The van der Waals surface area contributed by atoms with Crippen LogP contribution in [0.3, 0.4) is 0 Å². The van der Waals surface area contributed by atoms with E-state index in [1.165, 1.54) is 0 Å². The van der Waals surface area contributed by atoms with Crippen molar-refractivity contribution >= 4 is 23.1 Å². The summed E-state index contributed by atoms with van der Waals surface area (Å²) in [7, 11) is 0. The molecule has 0 unspecified atom stereocenters. The highest BCUT2D eigenvalue weighted by Gasteiger charge is 2.38. The summed E-state index contributed by atoms with van der Waals surface area (Å²) in [6, 6.07) is 14.3. The first-order valence-corrected chi connectivity index (χ1v) is 9.06. The Morgan fingerprint density at radius 3 is 2.37 bits per heavy atom. The van der Waals surface area contributed by atoms with Crippen LogP contribution in [-0.2, 0) is 4.79 Å². The molecule has 0 radical (unpaired) electrons. The lowest BCUT2D eigenvalue weighted by Crippen LogP contribution is -2.31. The smallest absolute Gasteiger partial charge is 0.335 e. The van der Waals surface area contributed by atoms with Gasteiger partial charge in [0.25, 0.3) is 0 Å². The Morgan fingerprint density at radius 1 is 1.04 bits per heavy atom. The Labute approximate surface area is 158 Å². The third kappa shape index (κ3) is 3.21. The molecule has 0 aromatic heterocycles. The molecule has 2 aliphatic rings. The molecule has 1 heterocycles. The Morgan fingerprint density at radius 2 is 1.70 bits per heavy atom. The van der Waals surface area contributed by atoms with Crippen molar-refractivity contribution in [1.82, 2.24) is 0 Å². The fraction of sp³-hybridized carbons (Fsp3) is 0.273. The molecule has 27 heavy (non-hydrogen) atoms. The van der Waals surface area contributed by atoms with Crippen LogP contribution in [0.4, 0.5) is 11.4 Å². The lowest BCUT2D eigenvalue weighted by atomic mass is 9.73. The summed E-state index contributed by atoms with van der Waals surface area (Å²) in [5.41, 5.74) is 4.56. The van der Waals surface area contributed by atoms with E-state index in [0.29, 0.717) is 6.42 Å². The maximum absolute atomic E-state index is 13.1. The van der Waals surface area contributed by atoms with E-state index >= 15 is 0 Å². The Balaban J connectivity index is 1.84. The summed E-state index contributed by atoms with van der Waals surface area (Å²) in [6.07, 6.45) is 1.28. The molecule has 0 spiro atoms. The van der Waals surface area contributed by atoms with Crippen LogP contribution in [0.15, 0.2) is 59.8 Å². The normalized spacial score (nSPS) is 20.7. The lowest BCUT2D eigenvalue weighted by molar-refractivity contribution is -0.118. The molecule has 0 fully saturated rings. The van der Waals surface area contributed by atoms with Crippen LogP contribution in [0, 0.1) is 5.41 Å². The predicted octanol–water partition coefficient (Wildman–Crippen LogP) is 4.61. The molecule has 0 amide bonds. The monoisotopic (exact) mass is 362 g/mol. The zero-order valence-electron chi connectivity index (χ0n) is 15.4. The fourth-order valence-corrected chi connectivity index (χ4v) is 3.96. The van der Waals surface area contributed by atoms with Gasteiger partial charge >= 0.3 is 5.97 Å². The molecule has 138 valence electrons. The molecule has 4 rings (SSSR count). The second kappa shape index (κ2) is 6.27. The minimum atomic E-state index is -0.960. The van der Waals surface area contributed by atoms with Crippen molar-refractivity contribution in [2.45, 2.75) is 32.7 Å². The van der Waals surface area contributed by atoms with Gasteiger partial charge in [-0.1, -0.05) is 38.1 Å². The number of para-hydroxylation sites is 2. The maximum Gasteiger partial charge on any atom is 0.335 e. The van der Waals surface area contributed by atoms with Gasteiger partial charge in [-0.25, -0.2) is 4.79 Å². The molecule has 0 saturated heterocycles. The van der Waals surface area contributed by atoms with Crippen LogP contribution in [0.25, 0.3) is 0 Å². The van der Waals surface area contributed by atoms with Gasteiger partial charge in [-0.3, -0.25) is 4.79 Å². The minimum absolute atomic E-state index is 0.0973. The van der Waals surface area contributed by atoms with E-state index in [4.69, 9.17) is 5.11 Å². The van der Waals surface area contributed by atoms with E-state index in [9.17, 15) is 9.59 Å². The average molecular weight is 362 g/mol. The Hall–Kier alpha value is -3.08. The zero-order valence-corrected chi connectivity index (χ0v) is 15.4. The van der Waals surface area contributed by atoms with E-state index in [1.807, 2.05) is 24.3 Å². The summed E-state index contributed by atoms with van der Waals surface area (Å²) in [4.78, 5) is 24.2. The molecular formula is C22H22N2O3. The zero-order chi connectivity index (χ0) is 19.2. The predicted molar refractivity (Wildman–Crippen MR) is 105 cm³/mol. The van der Waals surface area contributed by atoms with Crippen LogP contribution in [0.2, 0.25) is 0 Å². The highest BCUT2D eigenvalue weighted by molar-refractivity contribution is 6.01. The number of benzene rings is 2. The lowest BCUT2D eigenvalue weighted by Gasteiger charge is -2.34. The number of fused-ring (bicyclic) bond motifs is 1. The topological polar surface area (TPSA) is 78.4 Å². The first-order chi connectivity index (χ1) is 12.8. The van der Waals surface area contributed by atoms with Gasteiger partial charge in [-0.2, -0.15) is 0 Å². The molecule has 1 aliphatic heterocycles. The quantitative estimate of drug-likeness (QED) is 0.727. The van der Waals surface area contributed by atoms with Gasteiger partial charge in [0.15, 0.2) is 5.78 Å². The molecule has 3 N–H and O–H groups in total. The summed E-state index contributed by atoms with van der Waals surface area (Å²) >= 11 is 0. The number of allylic oxidation sites excluding steroid dienone is 1. The highest BCUT2D eigenvalue weighted by Crippen LogP contribution is 2.45. The highest BCUT2D eigenvalue weighted by atomic mass is 16.4. The van der Waals surface area contributed by atoms with Crippen LogP contribution in [0.1, 0.15) is 48.7 Å². The van der Waals surface area contributed by atoms with Crippen molar-refractivity contribution in [3.05, 3.63) is 70.9 Å². The molecule has 5 heteroatoms. The number of carboxylic acids is 1. The number of aromatic carboxylic acids is 1. The van der Waals surface area contributed by atoms with Crippen molar-refractivity contribution in [1.29, 1.82) is 0 Å². The second-order valence-corrected chi connectivity index (χ2v) is 8.01. The van der Waals surface area contributed by atoms with Gasteiger partial charge in [0, 0.05) is 17.7 Å². The Kier molecular flexibility index (Phi) is 4.02. The summed E-state index contributed by atoms with van der Waals surface area (Å²) in [5.74, 6) is -0.834. The maximum atomic E-state index is 13.1. The fourth-order valence-electron chi connectivity index (χ4n) is 3.96.